The van der Waals surface area contributed by atoms with Crippen LogP contribution in [0.4, 0.5) is 14.6 Å². The van der Waals surface area contributed by atoms with E-state index in [2.05, 4.69) is 15.5 Å². The number of halogens is 3. The molecule has 0 atom stereocenters. The Bertz CT molecular complexity index is 1070. The standard InChI is InChI=1S/C19H18ClF2N5O/c1-11-9-23-27(10-13-8-14(21)4-6-16(13)22)19(11)24-17(28)7-5-15-12(2)25-26(3)18(15)20/h4-9H,10H2,1-3H3,(H,24,28)/b7-5+. The fraction of sp³-hybridized carbons (Fsp3) is 0.211. The minimum atomic E-state index is -0.548. The zero-order chi connectivity index (χ0) is 20.4. The molecule has 1 N–H and O–H groups in total. The summed E-state index contributed by atoms with van der Waals surface area (Å²) >= 11 is 6.15. The summed E-state index contributed by atoms with van der Waals surface area (Å²) in [6, 6.07) is 3.21. The van der Waals surface area contributed by atoms with Gasteiger partial charge in [-0.3, -0.25) is 9.48 Å². The molecule has 0 aliphatic carbocycles. The Balaban J connectivity index is 1.79. The average Bonchev–Trinajstić information content (AvgIpc) is 3.09. The lowest BCUT2D eigenvalue weighted by molar-refractivity contribution is -0.111. The fourth-order valence-electron chi connectivity index (χ4n) is 2.74. The summed E-state index contributed by atoms with van der Waals surface area (Å²) in [6.07, 6.45) is 4.44. The number of hydrogen-bond acceptors (Lipinski definition) is 3. The molecule has 0 spiro atoms. The second kappa shape index (κ2) is 7.93. The van der Waals surface area contributed by atoms with E-state index in [1.54, 1.807) is 33.2 Å². The SMILES string of the molecule is Cc1cnn(Cc2cc(F)ccc2F)c1NC(=O)/C=C/c1c(C)nn(C)c1Cl. The molecule has 28 heavy (non-hydrogen) atoms. The summed E-state index contributed by atoms with van der Waals surface area (Å²) in [7, 11) is 1.71. The van der Waals surface area contributed by atoms with Crippen LogP contribution in [0.5, 0.6) is 0 Å². The van der Waals surface area contributed by atoms with Crippen LogP contribution in [0.15, 0.2) is 30.5 Å². The van der Waals surface area contributed by atoms with Crippen molar-refractivity contribution in [1.29, 1.82) is 0 Å². The number of nitrogens with zero attached hydrogens (tertiary/aromatic N) is 4. The average molecular weight is 406 g/mol. The predicted octanol–water partition coefficient (Wildman–Crippen LogP) is 3.87. The molecule has 9 heteroatoms. The number of carbonyl (C=O) groups is 1. The van der Waals surface area contributed by atoms with Crippen molar-refractivity contribution < 1.29 is 13.6 Å². The summed E-state index contributed by atoms with van der Waals surface area (Å²) in [6.45, 7) is 3.52. The molecule has 1 amide bonds. The second-order valence-electron chi connectivity index (χ2n) is 6.31. The maximum absolute atomic E-state index is 13.9. The first kappa shape index (κ1) is 19.8. The maximum Gasteiger partial charge on any atom is 0.249 e. The van der Waals surface area contributed by atoms with E-state index in [9.17, 15) is 13.6 Å². The summed E-state index contributed by atoms with van der Waals surface area (Å²) in [5.41, 5.74) is 2.16. The third-order valence-electron chi connectivity index (χ3n) is 4.19. The van der Waals surface area contributed by atoms with Crippen LogP contribution in [-0.4, -0.2) is 25.5 Å². The second-order valence-corrected chi connectivity index (χ2v) is 6.66. The van der Waals surface area contributed by atoms with E-state index in [4.69, 9.17) is 11.6 Å². The van der Waals surface area contributed by atoms with Gasteiger partial charge < -0.3 is 5.32 Å². The van der Waals surface area contributed by atoms with Crippen LogP contribution in [0.2, 0.25) is 5.15 Å². The van der Waals surface area contributed by atoms with Crippen molar-refractivity contribution in [2.24, 2.45) is 7.05 Å². The van der Waals surface area contributed by atoms with Crippen LogP contribution < -0.4 is 5.32 Å². The molecule has 0 aliphatic rings. The normalized spacial score (nSPS) is 11.4. The lowest BCUT2D eigenvalue weighted by Crippen LogP contribution is -2.15. The van der Waals surface area contributed by atoms with Gasteiger partial charge in [0.1, 0.15) is 22.6 Å². The summed E-state index contributed by atoms with van der Waals surface area (Å²) in [4.78, 5) is 12.3. The van der Waals surface area contributed by atoms with E-state index in [0.717, 1.165) is 18.2 Å². The van der Waals surface area contributed by atoms with Crippen molar-refractivity contribution in [3.8, 4) is 0 Å². The number of benzene rings is 1. The quantitative estimate of drug-likeness (QED) is 0.655. The van der Waals surface area contributed by atoms with Crippen molar-refractivity contribution in [3.63, 3.8) is 0 Å². The predicted molar refractivity (Wildman–Crippen MR) is 103 cm³/mol. The van der Waals surface area contributed by atoms with E-state index in [1.807, 2.05) is 0 Å². The molecule has 0 saturated heterocycles. The van der Waals surface area contributed by atoms with Crippen LogP contribution in [0, 0.1) is 25.5 Å². The van der Waals surface area contributed by atoms with Gasteiger partial charge >= 0.3 is 0 Å². The minimum Gasteiger partial charge on any atom is -0.307 e. The number of hydrogen-bond donors (Lipinski definition) is 1. The van der Waals surface area contributed by atoms with Crippen LogP contribution >= 0.6 is 11.6 Å². The Kier molecular flexibility index (Phi) is 5.60. The smallest absolute Gasteiger partial charge is 0.249 e. The fourth-order valence-corrected chi connectivity index (χ4v) is 2.98. The molecule has 3 rings (SSSR count). The Morgan fingerprint density at radius 1 is 1.32 bits per heavy atom. The van der Waals surface area contributed by atoms with Crippen LogP contribution in [0.3, 0.4) is 0 Å². The molecular formula is C19H18ClF2N5O. The third kappa shape index (κ3) is 4.12. The highest BCUT2D eigenvalue weighted by Gasteiger charge is 2.13. The van der Waals surface area contributed by atoms with Gasteiger partial charge in [0.05, 0.1) is 18.4 Å². The van der Waals surface area contributed by atoms with E-state index < -0.39 is 17.5 Å². The van der Waals surface area contributed by atoms with Gasteiger partial charge in [0.2, 0.25) is 5.91 Å². The number of anilines is 1. The van der Waals surface area contributed by atoms with E-state index in [-0.39, 0.29) is 12.1 Å². The van der Waals surface area contributed by atoms with Crippen molar-refractivity contribution in [1.82, 2.24) is 19.6 Å². The molecule has 2 aromatic heterocycles. The highest BCUT2D eigenvalue weighted by Crippen LogP contribution is 2.21. The maximum atomic E-state index is 13.9. The van der Waals surface area contributed by atoms with Crippen molar-refractivity contribution >= 4 is 29.4 Å². The Hall–Kier alpha value is -3.00. The zero-order valence-electron chi connectivity index (χ0n) is 15.5. The lowest BCUT2D eigenvalue weighted by Gasteiger charge is -2.10. The monoisotopic (exact) mass is 405 g/mol. The van der Waals surface area contributed by atoms with Gasteiger partial charge in [-0.25, -0.2) is 13.5 Å². The molecule has 0 saturated carbocycles. The molecule has 0 unspecified atom stereocenters. The number of aromatic nitrogens is 4. The Morgan fingerprint density at radius 2 is 2.07 bits per heavy atom. The van der Waals surface area contributed by atoms with Gasteiger partial charge in [-0.15, -0.1) is 0 Å². The zero-order valence-corrected chi connectivity index (χ0v) is 16.3. The van der Waals surface area contributed by atoms with Gasteiger partial charge in [0, 0.05) is 29.8 Å². The molecule has 146 valence electrons. The Labute approximate surface area is 165 Å². The van der Waals surface area contributed by atoms with Crippen LogP contribution in [0.1, 0.15) is 22.4 Å². The highest BCUT2D eigenvalue weighted by atomic mass is 35.5. The molecule has 1 aromatic carbocycles. The molecule has 0 aliphatic heterocycles. The molecule has 0 fully saturated rings. The van der Waals surface area contributed by atoms with Crippen LogP contribution in [-0.2, 0) is 18.4 Å². The van der Waals surface area contributed by atoms with Crippen molar-refractivity contribution in [3.05, 3.63) is 69.6 Å². The minimum absolute atomic E-state index is 0.0235. The van der Waals surface area contributed by atoms with Crippen molar-refractivity contribution in [2.75, 3.05) is 5.32 Å². The van der Waals surface area contributed by atoms with Gasteiger partial charge in [0.15, 0.2) is 0 Å². The van der Waals surface area contributed by atoms with E-state index in [0.29, 0.717) is 27.8 Å². The largest absolute Gasteiger partial charge is 0.307 e. The number of carbonyl (C=O) groups excluding carboxylic acids is 1. The summed E-state index contributed by atoms with van der Waals surface area (Å²) in [5.74, 6) is -1.11. The molecule has 6 nitrogen and oxygen atoms in total. The summed E-state index contributed by atoms with van der Waals surface area (Å²) < 4.78 is 30.2. The molecule has 0 radical (unpaired) electrons. The van der Waals surface area contributed by atoms with Crippen molar-refractivity contribution in [2.45, 2.75) is 20.4 Å². The first-order chi connectivity index (χ1) is 13.3. The number of amides is 1. The molecule has 0 bridgehead atoms. The molecular weight excluding hydrogens is 388 g/mol. The molecule has 2 heterocycles. The van der Waals surface area contributed by atoms with Gasteiger partial charge in [-0.2, -0.15) is 10.2 Å². The lowest BCUT2D eigenvalue weighted by atomic mass is 10.2. The molecule has 3 aromatic rings. The van der Waals surface area contributed by atoms with Crippen LogP contribution in [0.25, 0.3) is 6.08 Å². The number of nitrogens with one attached hydrogen (secondary N) is 1. The Morgan fingerprint density at radius 3 is 2.75 bits per heavy atom. The first-order valence-corrected chi connectivity index (χ1v) is 8.78. The summed E-state index contributed by atoms with van der Waals surface area (Å²) in [5, 5.41) is 11.5. The first-order valence-electron chi connectivity index (χ1n) is 8.40. The third-order valence-corrected chi connectivity index (χ3v) is 4.64. The van der Waals surface area contributed by atoms with E-state index in [1.165, 1.54) is 15.4 Å². The van der Waals surface area contributed by atoms with E-state index >= 15 is 0 Å². The van der Waals surface area contributed by atoms with Gasteiger partial charge in [0.25, 0.3) is 0 Å². The number of aryl methyl sites for hydroxylation is 3. The number of rotatable bonds is 5. The topological polar surface area (TPSA) is 64.7 Å². The van der Waals surface area contributed by atoms with Gasteiger partial charge in [-0.05, 0) is 38.1 Å². The highest BCUT2D eigenvalue weighted by molar-refractivity contribution is 6.31. The van der Waals surface area contributed by atoms with Gasteiger partial charge in [-0.1, -0.05) is 11.6 Å².